The monoisotopic (exact) mass is 187 g/mol. The van der Waals surface area contributed by atoms with Crippen LogP contribution in [-0.4, -0.2) is 5.11 Å². The van der Waals surface area contributed by atoms with E-state index in [9.17, 15) is 5.11 Å². The summed E-state index contributed by atoms with van der Waals surface area (Å²) in [5, 5.41) is 11.5. The van der Waals surface area contributed by atoms with Crippen molar-refractivity contribution in [2.75, 3.05) is 0 Å². The highest BCUT2D eigenvalue weighted by molar-refractivity contribution is 5.88. The number of fused-ring (bicyclic) bond motifs is 1. The molecule has 1 atom stereocenters. The lowest BCUT2D eigenvalue weighted by molar-refractivity contribution is 0.481. The van der Waals surface area contributed by atoms with E-state index in [1.54, 1.807) is 6.07 Å². The fourth-order valence-electron chi connectivity index (χ4n) is 1.57. The Balaban J connectivity index is 2.67. The zero-order valence-corrected chi connectivity index (χ0v) is 8.07. The Morgan fingerprint density at radius 1 is 1.21 bits per heavy atom. The number of phenolic OH excluding ortho intramolecular Hbond substituents is 1. The SMILES string of the molecule is CC(N)c1ccc2c(O)cccc2c1. The van der Waals surface area contributed by atoms with Crippen molar-refractivity contribution in [1.29, 1.82) is 0 Å². The molecule has 2 heteroatoms. The van der Waals surface area contributed by atoms with Crippen LogP contribution in [0.1, 0.15) is 18.5 Å². The number of phenols is 1. The minimum atomic E-state index is 0.0294. The van der Waals surface area contributed by atoms with E-state index in [1.807, 2.05) is 37.3 Å². The lowest BCUT2D eigenvalue weighted by atomic mass is 10.0. The fourth-order valence-corrected chi connectivity index (χ4v) is 1.57. The summed E-state index contributed by atoms with van der Waals surface area (Å²) in [5.41, 5.74) is 6.87. The van der Waals surface area contributed by atoms with Crippen molar-refractivity contribution < 1.29 is 5.11 Å². The van der Waals surface area contributed by atoms with E-state index in [1.165, 1.54) is 0 Å². The maximum Gasteiger partial charge on any atom is 0.123 e. The normalized spacial score (nSPS) is 13.0. The molecule has 2 rings (SSSR count). The molecule has 14 heavy (non-hydrogen) atoms. The first-order chi connectivity index (χ1) is 6.68. The van der Waals surface area contributed by atoms with Crippen molar-refractivity contribution >= 4 is 10.8 Å². The van der Waals surface area contributed by atoms with Gasteiger partial charge in [0, 0.05) is 11.4 Å². The summed E-state index contributed by atoms with van der Waals surface area (Å²) < 4.78 is 0. The summed E-state index contributed by atoms with van der Waals surface area (Å²) >= 11 is 0. The predicted octanol–water partition coefficient (Wildman–Crippen LogP) is 2.57. The van der Waals surface area contributed by atoms with Crippen molar-refractivity contribution in [3.05, 3.63) is 42.0 Å². The average Bonchev–Trinajstić information content (AvgIpc) is 2.17. The van der Waals surface area contributed by atoms with Crippen LogP contribution in [0.15, 0.2) is 36.4 Å². The van der Waals surface area contributed by atoms with Gasteiger partial charge in [0.25, 0.3) is 0 Å². The van der Waals surface area contributed by atoms with Gasteiger partial charge in [0.15, 0.2) is 0 Å². The molecule has 0 heterocycles. The molecule has 3 N–H and O–H groups in total. The molecule has 0 aliphatic heterocycles. The Labute approximate surface area is 83.0 Å². The second kappa shape index (κ2) is 3.31. The Bertz CT molecular complexity index is 463. The molecule has 2 aromatic rings. The van der Waals surface area contributed by atoms with E-state index in [4.69, 9.17) is 5.73 Å². The van der Waals surface area contributed by atoms with Gasteiger partial charge >= 0.3 is 0 Å². The minimum absolute atomic E-state index is 0.0294. The predicted molar refractivity (Wildman–Crippen MR) is 58.2 cm³/mol. The summed E-state index contributed by atoms with van der Waals surface area (Å²) in [4.78, 5) is 0. The third kappa shape index (κ3) is 1.44. The summed E-state index contributed by atoms with van der Waals surface area (Å²) in [6.07, 6.45) is 0. The molecular formula is C12H13NO. The van der Waals surface area contributed by atoms with Gasteiger partial charge in [0.1, 0.15) is 5.75 Å². The lowest BCUT2D eigenvalue weighted by Gasteiger charge is -2.07. The second-order valence-corrected chi connectivity index (χ2v) is 3.55. The molecule has 0 bridgehead atoms. The molecular weight excluding hydrogens is 174 g/mol. The average molecular weight is 187 g/mol. The Morgan fingerprint density at radius 3 is 2.71 bits per heavy atom. The molecule has 0 amide bonds. The van der Waals surface area contributed by atoms with Crippen LogP contribution in [0.3, 0.4) is 0 Å². The lowest BCUT2D eigenvalue weighted by Crippen LogP contribution is -2.04. The van der Waals surface area contributed by atoms with Crippen LogP contribution in [-0.2, 0) is 0 Å². The number of hydrogen-bond donors (Lipinski definition) is 2. The summed E-state index contributed by atoms with van der Waals surface area (Å²) in [6.45, 7) is 1.95. The first kappa shape index (κ1) is 9.03. The highest BCUT2D eigenvalue weighted by atomic mass is 16.3. The maximum atomic E-state index is 9.57. The van der Waals surface area contributed by atoms with E-state index in [2.05, 4.69) is 0 Å². The molecule has 0 radical (unpaired) electrons. The molecule has 2 nitrogen and oxygen atoms in total. The van der Waals surface area contributed by atoms with Gasteiger partial charge in [-0.25, -0.2) is 0 Å². The van der Waals surface area contributed by atoms with E-state index >= 15 is 0 Å². The van der Waals surface area contributed by atoms with Crippen molar-refractivity contribution in [2.24, 2.45) is 5.73 Å². The van der Waals surface area contributed by atoms with Gasteiger partial charge in [0.2, 0.25) is 0 Å². The van der Waals surface area contributed by atoms with E-state index in [0.717, 1.165) is 16.3 Å². The van der Waals surface area contributed by atoms with Gasteiger partial charge in [-0.2, -0.15) is 0 Å². The van der Waals surface area contributed by atoms with Crippen LogP contribution < -0.4 is 5.73 Å². The molecule has 0 saturated carbocycles. The van der Waals surface area contributed by atoms with Crippen LogP contribution in [0.2, 0.25) is 0 Å². The molecule has 0 aromatic heterocycles. The van der Waals surface area contributed by atoms with E-state index in [0.29, 0.717) is 5.75 Å². The highest BCUT2D eigenvalue weighted by Gasteiger charge is 2.02. The first-order valence-corrected chi connectivity index (χ1v) is 4.66. The number of benzene rings is 2. The topological polar surface area (TPSA) is 46.2 Å². The molecule has 1 unspecified atom stereocenters. The van der Waals surface area contributed by atoms with Crippen LogP contribution in [0.25, 0.3) is 10.8 Å². The maximum absolute atomic E-state index is 9.57. The molecule has 0 saturated heterocycles. The summed E-state index contributed by atoms with van der Waals surface area (Å²) in [6, 6.07) is 11.4. The quantitative estimate of drug-likeness (QED) is 0.720. The van der Waals surface area contributed by atoms with Crippen LogP contribution in [0.5, 0.6) is 5.75 Å². The minimum Gasteiger partial charge on any atom is -0.507 e. The number of rotatable bonds is 1. The summed E-state index contributed by atoms with van der Waals surface area (Å²) in [7, 11) is 0. The van der Waals surface area contributed by atoms with Crippen molar-refractivity contribution in [3.8, 4) is 5.75 Å². The molecule has 72 valence electrons. The fraction of sp³-hybridized carbons (Fsp3) is 0.167. The number of aromatic hydroxyl groups is 1. The Kier molecular flexibility index (Phi) is 2.14. The van der Waals surface area contributed by atoms with Gasteiger partial charge in [-0.1, -0.05) is 24.3 Å². The summed E-state index contributed by atoms with van der Waals surface area (Å²) in [5.74, 6) is 0.318. The van der Waals surface area contributed by atoms with Gasteiger partial charge < -0.3 is 10.8 Å². The Hall–Kier alpha value is -1.54. The third-order valence-corrected chi connectivity index (χ3v) is 2.41. The van der Waals surface area contributed by atoms with Crippen molar-refractivity contribution in [1.82, 2.24) is 0 Å². The second-order valence-electron chi connectivity index (χ2n) is 3.55. The number of hydrogen-bond acceptors (Lipinski definition) is 2. The van der Waals surface area contributed by atoms with E-state index in [-0.39, 0.29) is 6.04 Å². The van der Waals surface area contributed by atoms with Crippen LogP contribution in [0, 0.1) is 0 Å². The highest BCUT2D eigenvalue weighted by Crippen LogP contribution is 2.26. The molecule has 2 aromatic carbocycles. The van der Waals surface area contributed by atoms with Crippen molar-refractivity contribution in [2.45, 2.75) is 13.0 Å². The standard InChI is InChI=1S/C12H13NO/c1-8(13)9-5-6-11-10(7-9)3-2-4-12(11)14/h2-8,14H,13H2,1H3. The third-order valence-electron chi connectivity index (χ3n) is 2.41. The Morgan fingerprint density at radius 2 is 2.00 bits per heavy atom. The molecule has 0 aliphatic carbocycles. The zero-order chi connectivity index (χ0) is 10.1. The van der Waals surface area contributed by atoms with Gasteiger partial charge in [-0.15, -0.1) is 0 Å². The molecule has 0 fully saturated rings. The van der Waals surface area contributed by atoms with Gasteiger partial charge in [-0.3, -0.25) is 0 Å². The zero-order valence-electron chi connectivity index (χ0n) is 8.07. The van der Waals surface area contributed by atoms with Crippen LogP contribution in [0.4, 0.5) is 0 Å². The van der Waals surface area contributed by atoms with Crippen molar-refractivity contribution in [3.63, 3.8) is 0 Å². The number of nitrogens with two attached hydrogens (primary N) is 1. The van der Waals surface area contributed by atoms with Gasteiger partial charge in [-0.05, 0) is 30.0 Å². The molecule has 0 aliphatic rings. The van der Waals surface area contributed by atoms with E-state index < -0.39 is 0 Å². The van der Waals surface area contributed by atoms with Crippen LogP contribution >= 0.6 is 0 Å². The largest absolute Gasteiger partial charge is 0.507 e. The first-order valence-electron chi connectivity index (χ1n) is 4.66. The smallest absolute Gasteiger partial charge is 0.123 e. The molecule has 0 spiro atoms. The van der Waals surface area contributed by atoms with Gasteiger partial charge in [0.05, 0.1) is 0 Å².